The van der Waals surface area contributed by atoms with Crippen molar-refractivity contribution in [2.45, 2.75) is 0 Å². The first-order valence-corrected chi connectivity index (χ1v) is 6.24. The lowest BCUT2D eigenvalue weighted by Crippen LogP contribution is -2.02. The second-order valence-electron chi connectivity index (χ2n) is 3.37. The molecule has 4 heteroatoms. The van der Waals surface area contributed by atoms with E-state index in [1.165, 1.54) is 6.07 Å². The Kier molecular flexibility index (Phi) is 3.55. The predicted molar refractivity (Wildman–Crippen MR) is 73.9 cm³/mol. The minimum absolute atomic E-state index is 0.244. The number of halogens is 3. The van der Waals surface area contributed by atoms with Gasteiger partial charge in [-0.1, -0.05) is 12.1 Å². The predicted octanol–water partition coefficient (Wildman–Crippen LogP) is 3.74. The average molecular weight is 348 g/mol. The van der Waals surface area contributed by atoms with Crippen LogP contribution < -0.4 is 5.30 Å². The summed E-state index contributed by atoms with van der Waals surface area (Å²) >= 11 is 2.20. The van der Waals surface area contributed by atoms with Crippen LogP contribution in [0, 0.1) is 15.2 Å². The van der Waals surface area contributed by atoms with E-state index in [1.54, 1.807) is 6.07 Å². The summed E-state index contributed by atoms with van der Waals surface area (Å²) in [6, 6.07) is 10.5. The Morgan fingerprint density at radius 1 is 0.938 bits per heavy atom. The fourth-order valence-corrected chi connectivity index (χ4v) is 2.10. The van der Waals surface area contributed by atoms with Gasteiger partial charge in [-0.05, 0) is 58.0 Å². The molecule has 0 heterocycles. The number of benzene rings is 2. The summed E-state index contributed by atoms with van der Waals surface area (Å²) in [6.07, 6.45) is 0. The Morgan fingerprint density at radius 3 is 2.12 bits per heavy atom. The zero-order valence-electron chi connectivity index (χ0n) is 8.18. The number of hydrogen-bond acceptors (Lipinski definition) is 0. The number of rotatable bonds is 1. The van der Waals surface area contributed by atoms with E-state index in [4.69, 9.17) is 0 Å². The molecule has 1 atom stereocenters. The highest BCUT2D eigenvalue weighted by Gasteiger charge is 2.08. The maximum atomic E-state index is 13.2. The minimum Gasteiger partial charge on any atom is -0.204 e. The van der Waals surface area contributed by atoms with Crippen molar-refractivity contribution in [2.75, 3.05) is 0 Å². The lowest BCUT2D eigenvalue weighted by Gasteiger charge is -2.05. The van der Waals surface area contributed by atoms with Gasteiger partial charge in [0.1, 0.15) is 0 Å². The summed E-state index contributed by atoms with van der Waals surface area (Å²) in [6.45, 7) is 0. The highest BCUT2D eigenvalue weighted by molar-refractivity contribution is 14.1. The average Bonchev–Trinajstić information content (AvgIpc) is 2.26. The lowest BCUT2D eigenvalue weighted by atomic mass is 10.1. The second kappa shape index (κ2) is 4.76. The third-order valence-electron chi connectivity index (χ3n) is 2.23. The van der Waals surface area contributed by atoms with Crippen LogP contribution in [0.3, 0.4) is 0 Å². The van der Waals surface area contributed by atoms with Crippen LogP contribution >= 0.6 is 31.8 Å². The van der Waals surface area contributed by atoms with Gasteiger partial charge in [0, 0.05) is 8.87 Å². The summed E-state index contributed by atoms with van der Waals surface area (Å²) < 4.78 is 27.4. The molecule has 0 aliphatic carbocycles. The molecule has 82 valence electrons. The maximum Gasteiger partial charge on any atom is 0.165 e. The van der Waals surface area contributed by atoms with Gasteiger partial charge in [0.15, 0.2) is 11.6 Å². The van der Waals surface area contributed by atoms with Crippen molar-refractivity contribution in [3.05, 3.63) is 51.6 Å². The fraction of sp³-hybridized carbons (Fsp3) is 0. The van der Waals surface area contributed by atoms with E-state index in [9.17, 15) is 8.78 Å². The normalized spacial score (nSPS) is 10.5. The van der Waals surface area contributed by atoms with Crippen LogP contribution in [0.2, 0.25) is 0 Å². The molecule has 1 unspecified atom stereocenters. The zero-order valence-corrected chi connectivity index (χ0v) is 11.5. The van der Waals surface area contributed by atoms with Crippen molar-refractivity contribution in [3.63, 3.8) is 0 Å². The molecule has 0 saturated carbocycles. The van der Waals surface area contributed by atoms with Crippen LogP contribution in [0.1, 0.15) is 0 Å². The topological polar surface area (TPSA) is 0 Å². The van der Waals surface area contributed by atoms with Gasteiger partial charge in [-0.25, -0.2) is 8.78 Å². The van der Waals surface area contributed by atoms with E-state index in [0.717, 1.165) is 9.13 Å². The molecule has 0 saturated heterocycles. The van der Waals surface area contributed by atoms with E-state index in [1.807, 2.05) is 24.3 Å². The standard InChI is InChI=1S/C12H8F2IP/c13-10-5-8(6-11(16)12(10)14)7-1-3-9(15)4-2-7/h1-6H,16H2. The smallest absolute Gasteiger partial charge is 0.165 e. The van der Waals surface area contributed by atoms with Crippen molar-refractivity contribution in [1.82, 2.24) is 0 Å². The molecule has 0 aliphatic rings. The molecule has 0 N–H and O–H groups in total. The largest absolute Gasteiger partial charge is 0.204 e. The minimum atomic E-state index is -0.818. The molecule has 2 aromatic rings. The Hall–Kier alpha value is -0.540. The molecule has 16 heavy (non-hydrogen) atoms. The Balaban J connectivity index is 2.52. The van der Waals surface area contributed by atoms with Crippen LogP contribution in [-0.2, 0) is 0 Å². The van der Waals surface area contributed by atoms with Crippen molar-refractivity contribution in [3.8, 4) is 11.1 Å². The molecule has 0 nitrogen and oxygen atoms in total. The third-order valence-corrected chi connectivity index (χ3v) is 3.37. The van der Waals surface area contributed by atoms with E-state index in [0.29, 0.717) is 5.56 Å². The molecule has 2 aromatic carbocycles. The van der Waals surface area contributed by atoms with Gasteiger partial charge in [0.2, 0.25) is 0 Å². The Bertz CT molecular complexity index is 500. The van der Waals surface area contributed by atoms with Gasteiger partial charge in [-0.3, -0.25) is 0 Å². The quantitative estimate of drug-likeness (QED) is 0.544. The molecule has 0 spiro atoms. The molecule has 0 fully saturated rings. The van der Waals surface area contributed by atoms with Crippen molar-refractivity contribution in [2.24, 2.45) is 0 Å². The molecule has 0 radical (unpaired) electrons. The fourth-order valence-electron chi connectivity index (χ4n) is 1.42. The van der Waals surface area contributed by atoms with Crippen molar-refractivity contribution >= 4 is 37.1 Å². The molecular weight excluding hydrogens is 340 g/mol. The van der Waals surface area contributed by atoms with Gasteiger partial charge >= 0.3 is 0 Å². The van der Waals surface area contributed by atoms with E-state index in [-0.39, 0.29) is 5.30 Å². The second-order valence-corrected chi connectivity index (χ2v) is 5.24. The molecular formula is C12H8F2IP. The highest BCUT2D eigenvalue weighted by Crippen LogP contribution is 2.22. The van der Waals surface area contributed by atoms with E-state index in [2.05, 4.69) is 31.8 Å². The highest BCUT2D eigenvalue weighted by atomic mass is 127. The number of hydrogen-bond donors (Lipinski definition) is 0. The van der Waals surface area contributed by atoms with Crippen LogP contribution in [0.25, 0.3) is 11.1 Å². The van der Waals surface area contributed by atoms with Crippen LogP contribution in [0.5, 0.6) is 0 Å². The molecule has 0 aliphatic heterocycles. The van der Waals surface area contributed by atoms with Gasteiger partial charge in [0.05, 0.1) is 0 Å². The van der Waals surface area contributed by atoms with Crippen molar-refractivity contribution < 1.29 is 8.78 Å². The molecule has 2 rings (SSSR count). The van der Waals surface area contributed by atoms with Gasteiger partial charge in [0.25, 0.3) is 0 Å². The summed E-state index contributed by atoms with van der Waals surface area (Å²) in [5, 5.41) is 0.244. The van der Waals surface area contributed by atoms with Gasteiger partial charge in [-0.15, -0.1) is 9.24 Å². The van der Waals surface area contributed by atoms with Gasteiger partial charge < -0.3 is 0 Å². The van der Waals surface area contributed by atoms with Crippen LogP contribution in [0.4, 0.5) is 8.78 Å². The first-order valence-electron chi connectivity index (χ1n) is 4.58. The van der Waals surface area contributed by atoms with E-state index < -0.39 is 11.6 Å². The summed E-state index contributed by atoms with van der Waals surface area (Å²) in [4.78, 5) is 0. The van der Waals surface area contributed by atoms with Gasteiger partial charge in [-0.2, -0.15) is 0 Å². The van der Waals surface area contributed by atoms with Crippen LogP contribution in [0.15, 0.2) is 36.4 Å². The van der Waals surface area contributed by atoms with Crippen molar-refractivity contribution in [1.29, 1.82) is 0 Å². The molecule has 0 amide bonds. The van der Waals surface area contributed by atoms with Crippen LogP contribution in [-0.4, -0.2) is 0 Å². The SMILES string of the molecule is Fc1cc(-c2ccc(I)cc2)cc(P)c1F. The molecule has 0 aromatic heterocycles. The Morgan fingerprint density at radius 2 is 1.56 bits per heavy atom. The monoisotopic (exact) mass is 348 g/mol. The molecule has 0 bridgehead atoms. The van der Waals surface area contributed by atoms with E-state index >= 15 is 0 Å². The first kappa shape index (κ1) is 11.9. The zero-order chi connectivity index (χ0) is 11.7. The first-order chi connectivity index (χ1) is 7.58. The summed E-state index contributed by atoms with van der Waals surface area (Å²) in [5.41, 5.74) is 1.56. The summed E-state index contributed by atoms with van der Waals surface area (Å²) in [7, 11) is 2.20. The lowest BCUT2D eigenvalue weighted by molar-refractivity contribution is 0.515. The third kappa shape index (κ3) is 2.41. The Labute approximate surface area is 108 Å². The summed E-state index contributed by atoms with van der Waals surface area (Å²) in [5.74, 6) is -1.62. The maximum absolute atomic E-state index is 13.2.